The summed E-state index contributed by atoms with van der Waals surface area (Å²) >= 11 is 1.42. The molecule has 0 aromatic heterocycles. The van der Waals surface area contributed by atoms with Gasteiger partial charge in [-0.2, -0.15) is 11.8 Å². The molecule has 19 nitrogen and oxygen atoms in total. The minimum Gasteiger partial charge on any atom is -0.507 e. The van der Waals surface area contributed by atoms with E-state index in [-0.39, 0.29) is 77.8 Å². The maximum atomic E-state index is 14.6. The monoisotopic (exact) mass is 1900 g/mol. The van der Waals surface area contributed by atoms with Crippen molar-refractivity contribution in [1.29, 1.82) is 0 Å². The van der Waals surface area contributed by atoms with Crippen LogP contribution in [-0.4, -0.2) is 124 Å². The minimum atomic E-state index is -2.08. The first kappa shape index (κ1) is 126. The van der Waals surface area contributed by atoms with Crippen molar-refractivity contribution in [3.8, 4) is 23.0 Å². The average Bonchev–Trinajstić information content (AvgIpc) is 1.54. The van der Waals surface area contributed by atoms with Crippen LogP contribution in [0.1, 0.15) is 452 Å². The Morgan fingerprint density at radius 3 is 1.64 bits per heavy atom. The maximum absolute atomic E-state index is 14.6. The van der Waals surface area contributed by atoms with Crippen LogP contribution in [0, 0.1) is 89.3 Å². The van der Waals surface area contributed by atoms with E-state index in [1.807, 2.05) is 0 Å². The number of aliphatic imine (C=N–C) groups is 1. The van der Waals surface area contributed by atoms with Gasteiger partial charge in [0, 0.05) is 80.2 Å². The predicted octanol–water partition coefficient (Wildman–Crippen LogP) is 29.6. The van der Waals surface area contributed by atoms with Crippen molar-refractivity contribution in [3.05, 3.63) is 53.3 Å². The number of benzene rings is 2. The normalized spacial score (nSPS) is 25.7. The first-order valence-electron chi connectivity index (χ1n) is 53.3. The molecule has 0 saturated heterocycles. The molecule has 9 atom stereocenters. The predicted molar refractivity (Wildman–Crippen MR) is 568 cm³/mol. The van der Waals surface area contributed by atoms with Crippen LogP contribution in [0.2, 0.25) is 0 Å². The van der Waals surface area contributed by atoms with Gasteiger partial charge >= 0.3 is 11.8 Å². The second-order valence-electron chi connectivity index (χ2n) is 42.2. The number of amidine groups is 1. The highest BCUT2D eigenvalue weighted by Gasteiger charge is 2.50. The van der Waals surface area contributed by atoms with E-state index in [0.717, 1.165) is 84.4 Å². The van der Waals surface area contributed by atoms with Crippen LogP contribution in [0.4, 0.5) is 5.69 Å². The second kappa shape index (κ2) is 70.7. The van der Waals surface area contributed by atoms with Crippen LogP contribution in [0.3, 0.4) is 0 Å². The van der Waals surface area contributed by atoms with E-state index >= 15 is 0 Å². The number of aromatic hydroxyl groups is 2. The fourth-order valence-corrected chi connectivity index (χ4v) is 20.7. The number of thioether (sulfide) groups is 1. The number of nitrogens with one attached hydrogen (secondary N) is 3. The van der Waals surface area contributed by atoms with Crippen LogP contribution in [0.5, 0.6) is 23.0 Å². The Labute approximate surface area is 824 Å². The molecule has 0 unspecified atom stereocenters. The first-order chi connectivity index (χ1) is 62.9. The van der Waals surface area contributed by atoms with Gasteiger partial charge in [0.05, 0.1) is 59.5 Å². The number of carbonyl (C=O) groups is 5. The molecule has 11 rings (SSSR count). The molecule has 9 aliphatic rings. The van der Waals surface area contributed by atoms with Gasteiger partial charge in [0.2, 0.25) is 5.91 Å². The van der Waals surface area contributed by atoms with Crippen molar-refractivity contribution >= 4 is 63.5 Å². The number of phenols is 2. The Kier molecular flexibility index (Phi) is 66.6. The molecule has 6 aliphatic carbocycles. The fourth-order valence-electron chi connectivity index (χ4n) is 19.9. The number of amides is 3. The van der Waals surface area contributed by atoms with E-state index in [1.54, 1.807) is 91.2 Å². The lowest BCUT2D eigenvalue weighted by atomic mass is 9.61. The van der Waals surface area contributed by atoms with E-state index in [9.17, 15) is 44.4 Å². The number of aliphatic hydroxyl groups is 2. The lowest BCUT2D eigenvalue weighted by molar-refractivity contribution is -0.160. The molecule has 134 heavy (non-hydrogen) atoms. The van der Waals surface area contributed by atoms with Gasteiger partial charge in [-0.15, -0.1) is 0 Å². The third-order valence-corrected chi connectivity index (χ3v) is 30.0. The van der Waals surface area contributed by atoms with Crippen molar-refractivity contribution in [2.24, 2.45) is 93.1 Å². The van der Waals surface area contributed by atoms with Gasteiger partial charge in [0.25, 0.3) is 17.6 Å². The highest BCUT2D eigenvalue weighted by atomic mass is 32.2. The zero-order chi connectivity index (χ0) is 98.3. The minimum absolute atomic E-state index is 0. The second-order valence-corrected chi connectivity index (χ2v) is 43.3. The number of phenolic OH excluding ortho intramolecular Hbond substituents is 2. The molecule has 6 saturated carbocycles. The first-order valence-corrected chi connectivity index (χ1v) is 54.4. The third kappa shape index (κ3) is 47.4. The number of anilines is 1. The Bertz CT molecular complexity index is 3610. The summed E-state index contributed by atoms with van der Waals surface area (Å²) in [6.45, 7) is 43.9. The number of carbonyl (C=O) groups excluding carboxylic acids is 5. The molecule has 20 heteroatoms. The molecule has 0 radical (unpaired) electrons. The maximum Gasteiger partial charge on any atom is 0.312 e. The van der Waals surface area contributed by atoms with Gasteiger partial charge in [-0.25, -0.2) is 0 Å². The third-order valence-electron chi connectivity index (χ3n) is 28.9. The number of allylic oxidation sites excluding steroid dienone is 2. The SMILES string of the molecule is C.C.C1CCCC1.C1CCCCC1.CC(C)C.CC1CCC(CCC2CCCCC2)CC1.CCC(C)C.CCC(CC)C1(CCC2CCC(C)CC2)CCCCC1.CCCC(C)C.CCCCCN=C(N)CCCSCC(=O)NCNC(=O)COc1cc2c(O)c3c(O)c(C)c4c(c13)C(=O)[C@@](C)(O/C=C/[C@H](OC)[C@@H](C)[C@@H](OC(C)=O)[C@H](C)[C@H](O)[C@H](C)[C@@H](O)[C@@H](C)/C=C/C=C(/C)C(=O)N2)O4. The number of fused-ring (bicyclic) bond motifs is 14. The topological polar surface area (TPSA) is 287 Å². The molecule has 3 aliphatic heterocycles. The van der Waals surface area contributed by atoms with Gasteiger partial charge < -0.3 is 65.8 Å². The Morgan fingerprint density at radius 2 is 1.15 bits per heavy atom. The Balaban J connectivity index is 0.00000112. The number of ether oxygens (including phenoxy) is 5. The van der Waals surface area contributed by atoms with Crippen molar-refractivity contribution in [2.45, 2.75) is 473 Å². The van der Waals surface area contributed by atoms with Gasteiger partial charge in [-0.05, 0) is 123 Å². The molecular weight excluding hydrogens is 1700 g/mol. The van der Waals surface area contributed by atoms with Crippen LogP contribution in [0.25, 0.3) is 10.8 Å². The number of nitrogens with zero attached hydrogens (tertiary/aromatic N) is 1. The summed E-state index contributed by atoms with van der Waals surface area (Å²) in [6, 6.07) is 1.20. The number of hydrogen-bond acceptors (Lipinski definition) is 16. The van der Waals surface area contributed by atoms with Gasteiger partial charge in [0.15, 0.2) is 12.4 Å². The number of esters is 1. The van der Waals surface area contributed by atoms with Crippen LogP contribution >= 0.6 is 11.8 Å². The lowest BCUT2D eigenvalue weighted by Crippen LogP contribution is -2.46. The molecule has 776 valence electrons. The molecule has 3 amide bonds. The summed E-state index contributed by atoms with van der Waals surface area (Å²) in [5.74, 6) is 1.14. The van der Waals surface area contributed by atoms with Crippen molar-refractivity contribution in [3.63, 3.8) is 0 Å². The smallest absolute Gasteiger partial charge is 0.312 e. The molecule has 5 bridgehead atoms. The number of unbranched alkanes of at least 4 members (excludes halogenated alkanes) is 2. The van der Waals surface area contributed by atoms with Crippen LogP contribution < -0.4 is 31.2 Å². The van der Waals surface area contributed by atoms with E-state index in [2.05, 4.69) is 118 Å². The van der Waals surface area contributed by atoms with Gasteiger partial charge in [0.1, 0.15) is 23.4 Å². The summed E-state index contributed by atoms with van der Waals surface area (Å²) in [7, 11) is 1.42. The number of Topliss-reactive ketones (excluding diaryl/α,β-unsaturated/α-hetero) is 1. The summed E-state index contributed by atoms with van der Waals surface area (Å²) < 4.78 is 29.7. The van der Waals surface area contributed by atoms with Gasteiger partial charge in [-0.1, -0.05) is 389 Å². The van der Waals surface area contributed by atoms with E-state index in [4.69, 9.17) is 29.4 Å². The summed E-state index contributed by atoms with van der Waals surface area (Å²) in [5.41, 5.74) is 6.50. The number of methoxy groups -OCH3 is 1. The lowest BCUT2D eigenvalue weighted by Gasteiger charge is -2.45. The van der Waals surface area contributed by atoms with Crippen molar-refractivity contribution in [2.75, 3.05) is 43.8 Å². The molecule has 3 heterocycles. The fraction of sp³-hybridized carbons (Fsp3) is 0.807. The highest BCUT2D eigenvalue weighted by Crippen LogP contribution is 2.55. The summed E-state index contributed by atoms with van der Waals surface area (Å²) in [4.78, 5) is 70.7. The quantitative estimate of drug-likeness (QED) is 0.00938. The summed E-state index contributed by atoms with van der Waals surface area (Å²) in [5, 5.41) is 53.7. The number of rotatable bonds is 29. The number of hydrogen-bond donors (Lipinski definition) is 8. The zero-order valence-electron chi connectivity index (χ0n) is 88.0. The summed E-state index contributed by atoms with van der Waals surface area (Å²) in [6.07, 6.45) is 64.9. The number of nitrogens with two attached hydrogens (primary N) is 1. The molecule has 9 N–H and O–H groups in total. The van der Waals surface area contributed by atoms with Gasteiger partial charge in [-0.3, -0.25) is 29.0 Å². The Hall–Kier alpha value is -5.83. The van der Waals surface area contributed by atoms with Crippen LogP contribution in [0.15, 0.2) is 47.2 Å². The molecule has 0 spiro atoms. The van der Waals surface area contributed by atoms with E-state index in [1.165, 1.54) is 264 Å². The standard InChI is InChI=1S/C51H73N5O14S.C20H38.C15H28.C6H12.C6H14.C5H10.C5H12.C4H10.2CH4/c1-11-12-13-20-53-37(52)18-15-22-71-25-39(59)55-26-54-38(58)24-67-36-23-34-46(63)41-40(36)42-48(32(7)45(41)62)70-51(9,49(42)64)68-21-19-35(66-10)29(4)47(69-33(8)57)31(6)44(61)30(5)43(60)27(2)16-14-17-28(3)50(65)56-34;1-4-19(5-2)20(14-7-6-8-15-20)16-13-18-11-9-17(3)10-12-18;1-13-7-9-15(10-8-13)12-11-14-5-3-2-4-6-14;1-2-4-6-5-3-1;1-4-5-6(2)3;1-2-4-5-3-1;1-4-5(2)3;1-4(2)3;;/h14,16-17,19,21,23,27,29-31,35,43-44,47,60-63H,11-13,15,18,20,22,24-26H2,1-10H3,(H2,52,53)(H,54,58)(H,55,59)(H,56,65);17-19H,4-16H2,1-3H3;13-15H,2-12H2,1H3;1-6H2;6H,4-5H2,1-3H3;1-5H2;5H,4H2,1-3H3;4H,1-3H3;2*1H4/b16-14+,21-19+,28-17-;;;;;;;;;/t27-,29+,30+,31+,35-,43-,44+,47+,51-;;;;;;;;;/m0........./s1. The molecule has 6 fully saturated rings. The molecular formula is C114H205N5O14S. The highest BCUT2D eigenvalue weighted by molar-refractivity contribution is 7.99. The van der Waals surface area contributed by atoms with E-state index < -0.39 is 95.5 Å². The number of ketones is 1. The average molecular weight is 1900 g/mol. The van der Waals surface area contributed by atoms with Crippen LogP contribution in [-0.2, 0) is 33.4 Å². The van der Waals surface area contributed by atoms with Crippen molar-refractivity contribution in [1.82, 2.24) is 10.6 Å². The Morgan fingerprint density at radius 1 is 0.634 bits per heavy atom. The van der Waals surface area contributed by atoms with Crippen molar-refractivity contribution < 1.29 is 68.1 Å². The molecule has 2 aromatic carbocycles. The number of aliphatic hydroxyl groups excluding tert-OH is 2. The zero-order valence-corrected chi connectivity index (χ0v) is 88.8. The largest absolute Gasteiger partial charge is 0.507 e. The molecule has 2 aromatic rings. The van der Waals surface area contributed by atoms with E-state index in [0.29, 0.717) is 24.6 Å².